The van der Waals surface area contributed by atoms with Crippen LogP contribution in [0.1, 0.15) is 25.6 Å². The number of sulfone groups is 1. The fourth-order valence-corrected chi connectivity index (χ4v) is 3.62. The molecule has 0 radical (unpaired) electrons. The van der Waals surface area contributed by atoms with E-state index in [9.17, 15) is 18.0 Å². The van der Waals surface area contributed by atoms with Crippen molar-refractivity contribution in [1.29, 1.82) is 0 Å². The number of aromatic nitrogens is 4. The van der Waals surface area contributed by atoms with Crippen LogP contribution in [0.2, 0.25) is 0 Å². The Balaban J connectivity index is 1.63. The molecule has 1 aromatic carbocycles. The first kappa shape index (κ1) is 19.9. The fourth-order valence-electron chi connectivity index (χ4n) is 2.99. The number of esters is 1. The van der Waals surface area contributed by atoms with Gasteiger partial charge in [0.15, 0.2) is 22.3 Å². The Bertz CT molecular complexity index is 970. The lowest BCUT2D eigenvalue weighted by molar-refractivity contribution is -0.149. The molecule has 11 heteroatoms. The Hall–Kier alpha value is -2.82. The molecule has 1 aromatic heterocycles. The molecule has 2 aromatic rings. The highest BCUT2D eigenvalue weighted by Crippen LogP contribution is 2.19. The molecule has 1 unspecified atom stereocenters. The first-order valence-electron chi connectivity index (χ1n) is 8.81. The molecular weight excluding hydrogens is 386 g/mol. The Labute approximate surface area is 162 Å². The predicted octanol–water partition coefficient (Wildman–Crippen LogP) is 0.368. The summed E-state index contributed by atoms with van der Waals surface area (Å²) in [4.78, 5) is 25.9. The Morgan fingerprint density at radius 2 is 1.96 bits per heavy atom. The maximum Gasteiger partial charge on any atom is 0.311 e. The molecule has 0 bridgehead atoms. The maximum atomic E-state index is 12.3. The van der Waals surface area contributed by atoms with Gasteiger partial charge in [0, 0.05) is 25.8 Å². The van der Waals surface area contributed by atoms with E-state index in [0.29, 0.717) is 37.4 Å². The van der Waals surface area contributed by atoms with Gasteiger partial charge >= 0.3 is 5.97 Å². The highest BCUT2D eigenvalue weighted by Gasteiger charge is 2.31. The van der Waals surface area contributed by atoms with Gasteiger partial charge in [-0.05, 0) is 41.1 Å². The number of amides is 1. The second-order valence-electron chi connectivity index (χ2n) is 6.56. The van der Waals surface area contributed by atoms with Crippen LogP contribution >= 0.6 is 0 Å². The molecule has 150 valence electrons. The van der Waals surface area contributed by atoms with E-state index in [-0.39, 0.29) is 23.3 Å². The third-order valence-corrected chi connectivity index (χ3v) is 5.69. The fraction of sp³-hybridized carbons (Fsp3) is 0.471. The van der Waals surface area contributed by atoms with E-state index in [4.69, 9.17) is 4.74 Å². The minimum atomic E-state index is -3.30. The molecule has 1 amide bonds. The number of benzene rings is 1. The number of rotatable bonds is 6. The number of hydrogen-bond donors (Lipinski definition) is 0. The molecule has 0 aliphatic carbocycles. The van der Waals surface area contributed by atoms with Crippen molar-refractivity contribution in [3.63, 3.8) is 0 Å². The normalized spacial score (nSPS) is 16.9. The predicted molar refractivity (Wildman–Crippen MR) is 97.0 cm³/mol. The summed E-state index contributed by atoms with van der Waals surface area (Å²) in [5.41, 5.74) is 0.545. The van der Waals surface area contributed by atoms with Crippen molar-refractivity contribution >= 4 is 21.7 Å². The van der Waals surface area contributed by atoms with Crippen LogP contribution in [-0.2, 0) is 30.8 Å². The highest BCUT2D eigenvalue weighted by molar-refractivity contribution is 7.90. The second kappa shape index (κ2) is 8.05. The van der Waals surface area contributed by atoms with Crippen molar-refractivity contribution in [2.75, 3.05) is 19.3 Å². The number of likely N-dealkylation sites (tertiary alicyclic amines) is 1. The lowest BCUT2D eigenvalue weighted by atomic mass is 10.1. The van der Waals surface area contributed by atoms with Crippen LogP contribution in [-0.4, -0.2) is 64.7 Å². The van der Waals surface area contributed by atoms with Crippen LogP contribution in [0, 0.1) is 5.92 Å². The molecule has 2 heterocycles. The quantitative estimate of drug-likeness (QED) is 0.629. The summed E-state index contributed by atoms with van der Waals surface area (Å²) in [7, 11) is -3.30. The largest absolute Gasteiger partial charge is 0.457 e. The van der Waals surface area contributed by atoms with Gasteiger partial charge in [0.1, 0.15) is 0 Å². The number of carbonyl (C=O) groups is 2. The van der Waals surface area contributed by atoms with Gasteiger partial charge in [-0.2, -0.15) is 4.68 Å². The zero-order valence-corrected chi connectivity index (χ0v) is 16.4. The lowest BCUT2D eigenvalue weighted by Crippen LogP contribution is -2.29. The molecule has 0 N–H and O–H groups in total. The molecule has 3 rings (SSSR count). The molecule has 0 spiro atoms. The molecule has 1 aliphatic heterocycles. The van der Waals surface area contributed by atoms with Gasteiger partial charge in [0.2, 0.25) is 5.91 Å². The van der Waals surface area contributed by atoms with E-state index in [1.54, 1.807) is 24.0 Å². The van der Waals surface area contributed by atoms with Crippen molar-refractivity contribution in [3.05, 3.63) is 30.1 Å². The van der Waals surface area contributed by atoms with Gasteiger partial charge in [0.25, 0.3) is 0 Å². The molecule has 1 atom stereocenters. The molecule has 10 nitrogen and oxygen atoms in total. The van der Waals surface area contributed by atoms with E-state index < -0.39 is 15.8 Å². The summed E-state index contributed by atoms with van der Waals surface area (Å²) < 4.78 is 29.8. The monoisotopic (exact) mass is 407 g/mol. The number of nitrogens with zero attached hydrogens (tertiary/aromatic N) is 5. The van der Waals surface area contributed by atoms with Gasteiger partial charge in [-0.1, -0.05) is 6.92 Å². The van der Waals surface area contributed by atoms with Crippen molar-refractivity contribution < 1.29 is 22.7 Å². The van der Waals surface area contributed by atoms with E-state index in [0.717, 1.165) is 6.26 Å². The lowest BCUT2D eigenvalue weighted by Gasteiger charge is -2.15. The van der Waals surface area contributed by atoms with Crippen LogP contribution in [0.15, 0.2) is 29.2 Å². The van der Waals surface area contributed by atoms with E-state index in [2.05, 4.69) is 15.5 Å². The van der Waals surface area contributed by atoms with E-state index in [1.807, 2.05) is 0 Å². The third kappa shape index (κ3) is 4.35. The zero-order chi connectivity index (χ0) is 20.3. The van der Waals surface area contributed by atoms with Gasteiger partial charge < -0.3 is 9.64 Å². The average molecular weight is 407 g/mol. The molecule has 1 fully saturated rings. The summed E-state index contributed by atoms with van der Waals surface area (Å²) in [6.45, 7) is 2.58. The Kier molecular flexibility index (Phi) is 5.73. The number of carbonyl (C=O) groups excluding carboxylic acids is 2. The van der Waals surface area contributed by atoms with Gasteiger partial charge in [-0.25, -0.2) is 8.42 Å². The van der Waals surface area contributed by atoms with Crippen LogP contribution in [0.3, 0.4) is 0 Å². The van der Waals surface area contributed by atoms with Crippen molar-refractivity contribution in [1.82, 2.24) is 25.1 Å². The highest BCUT2D eigenvalue weighted by atomic mass is 32.2. The van der Waals surface area contributed by atoms with Crippen LogP contribution in [0.4, 0.5) is 0 Å². The number of tetrazole rings is 1. The van der Waals surface area contributed by atoms with Crippen LogP contribution in [0.25, 0.3) is 5.69 Å². The Morgan fingerprint density at radius 3 is 2.61 bits per heavy atom. The second-order valence-corrected chi connectivity index (χ2v) is 8.58. The average Bonchev–Trinajstić information content (AvgIpc) is 3.34. The van der Waals surface area contributed by atoms with Gasteiger partial charge in [-0.15, -0.1) is 5.10 Å². The van der Waals surface area contributed by atoms with Crippen molar-refractivity contribution in [2.24, 2.45) is 5.92 Å². The standard InChI is InChI=1S/C17H21N5O5S/c1-3-16(23)21-9-8-12(10-21)17(24)27-11-15-18-19-20-22(15)13-4-6-14(7-5-13)28(2,25)26/h4-7,12H,3,8-11H2,1-2H3. The first-order chi connectivity index (χ1) is 13.3. The summed E-state index contributed by atoms with van der Waals surface area (Å²) in [6.07, 6.45) is 2.11. The molecular formula is C17H21N5O5S. The minimum Gasteiger partial charge on any atom is -0.457 e. The van der Waals surface area contributed by atoms with Crippen LogP contribution in [0.5, 0.6) is 0 Å². The molecule has 0 saturated carbocycles. The Morgan fingerprint density at radius 1 is 1.25 bits per heavy atom. The molecule has 1 aliphatic rings. The molecule has 1 saturated heterocycles. The molecule has 28 heavy (non-hydrogen) atoms. The zero-order valence-electron chi connectivity index (χ0n) is 15.6. The number of hydrogen-bond acceptors (Lipinski definition) is 8. The first-order valence-corrected chi connectivity index (χ1v) is 10.7. The smallest absolute Gasteiger partial charge is 0.311 e. The van der Waals surface area contributed by atoms with E-state index in [1.165, 1.54) is 16.8 Å². The van der Waals surface area contributed by atoms with Crippen molar-refractivity contribution in [2.45, 2.75) is 31.3 Å². The minimum absolute atomic E-state index is 0.0248. The summed E-state index contributed by atoms with van der Waals surface area (Å²) in [5, 5.41) is 11.3. The summed E-state index contributed by atoms with van der Waals surface area (Å²) >= 11 is 0. The SMILES string of the molecule is CCC(=O)N1CCC(C(=O)OCc2nnnn2-c2ccc(S(C)(=O)=O)cc2)C1. The number of ether oxygens (including phenoxy) is 1. The van der Waals surface area contributed by atoms with E-state index >= 15 is 0 Å². The van der Waals surface area contributed by atoms with Crippen LogP contribution < -0.4 is 0 Å². The third-order valence-electron chi connectivity index (χ3n) is 4.56. The van der Waals surface area contributed by atoms with Crippen molar-refractivity contribution in [3.8, 4) is 5.69 Å². The topological polar surface area (TPSA) is 124 Å². The summed E-state index contributed by atoms with van der Waals surface area (Å²) in [6, 6.07) is 6.06. The summed E-state index contributed by atoms with van der Waals surface area (Å²) in [5.74, 6) is -0.418. The van der Waals surface area contributed by atoms with Gasteiger partial charge in [-0.3, -0.25) is 9.59 Å². The van der Waals surface area contributed by atoms with Gasteiger partial charge in [0.05, 0.1) is 16.5 Å². The maximum absolute atomic E-state index is 12.3.